The number of urea groups is 1. The number of sulfonamides is 1. The molecule has 0 aliphatic carbocycles. The van der Waals surface area contributed by atoms with Gasteiger partial charge in [-0.2, -0.15) is 0 Å². The molecule has 1 heterocycles. The highest BCUT2D eigenvalue weighted by molar-refractivity contribution is 7.88. The number of carbonyl (C=O) groups excluding carboxylic acids is 3. The number of hydrogen-bond acceptors (Lipinski definition) is 6. The summed E-state index contributed by atoms with van der Waals surface area (Å²) in [5.41, 5.74) is 2.03. The Balaban J connectivity index is 1.97. The van der Waals surface area contributed by atoms with E-state index in [0.717, 1.165) is 5.56 Å². The molecule has 0 radical (unpaired) electrons. The molecule has 0 spiro atoms. The van der Waals surface area contributed by atoms with E-state index in [0.29, 0.717) is 22.7 Å². The summed E-state index contributed by atoms with van der Waals surface area (Å²) >= 11 is 0. The van der Waals surface area contributed by atoms with Gasteiger partial charge in [-0.05, 0) is 42.3 Å². The summed E-state index contributed by atoms with van der Waals surface area (Å²) in [5, 5.41) is 5.10. The average Bonchev–Trinajstić information content (AvgIpc) is 2.78. The van der Waals surface area contributed by atoms with Gasteiger partial charge in [-0.1, -0.05) is 32.9 Å². The molecule has 1 aliphatic rings. The molecule has 10 nitrogen and oxygen atoms in total. The lowest BCUT2D eigenvalue weighted by molar-refractivity contribution is -0.120. The molecule has 188 valence electrons. The molecule has 11 heteroatoms. The molecule has 0 aromatic heterocycles. The quantitative estimate of drug-likeness (QED) is 0.533. The minimum absolute atomic E-state index is 0.153. The third-order valence-electron chi connectivity index (χ3n) is 5.58. The molecule has 1 fully saturated rings. The standard InChI is InChI=1S/C24H30N4O6S/c1-24(2,3)19-13-17(28-11-10-20(29)27-23(28)31)12-18(21(19)34-5)22(30)26-16-8-6-15(7-9-16)14-35(32,33)25-4/h6-9,12-13,25H,10-11,14H2,1-5H3,(H,26,30)(H,27,29,31). The third kappa shape index (κ3) is 6.17. The fourth-order valence-electron chi connectivity index (χ4n) is 3.70. The molecule has 2 aromatic carbocycles. The molecular weight excluding hydrogens is 472 g/mol. The second-order valence-electron chi connectivity index (χ2n) is 9.19. The van der Waals surface area contributed by atoms with Crippen LogP contribution in [0.4, 0.5) is 16.2 Å². The Hall–Kier alpha value is -3.44. The maximum Gasteiger partial charge on any atom is 0.328 e. The van der Waals surface area contributed by atoms with E-state index in [9.17, 15) is 22.8 Å². The molecule has 4 amide bonds. The Morgan fingerprint density at radius 2 is 1.80 bits per heavy atom. The largest absolute Gasteiger partial charge is 0.496 e. The number of ether oxygens (including phenoxy) is 1. The molecule has 0 atom stereocenters. The van der Waals surface area contributed by atoms with Gasteiger partial charge < -0.3 is 10.1 Å². The van der Waals surface area contributed by atoms with Crippen LogP contribution >= 0.6 is 0 Å². The molecule has 0 unspecified atom stereocenters. The number of benzene rings is 2. The fraction of sp³-hybridized carbons (Fsp3) is 0.375. The van der Waals surface area contributed by atoms with E-state index < -0.39 is 27.4 Å². The average molecular weight is 503 g/mol. The van der Waals surface area contributed by atoms with Gasteiger partial charge in [0, 0.05) is 29.9 Å². The Kier molecular flexibility index (Phi) is 7.51. The van der Waals surface area contributed by atoms with Gasteiger partial charge in [0.15, 0.2) is 0 Å². The van der Waals surface area contributed by atoms with Crippen LogP contribution in [0.15, 0.2) is 36.4 Å². The number of nitrogens with zero attached hydrogens (tertiary/aromatic N) is 1. The van der Waals surface area contributed by atoms with Gasteiger partial charge in [-0.25, -0.2) is 17.9 Å². The number of methoxy groups -OCH3 is 1. The maximum absolute atomic E-state index is 13.3. The van der Waals surface area contributed by atoms with Crippen LogP contribution in [0, 0.1) is 0 Å². The number of amides is 4. The highest BCUT2D eigenvalue weighted by Crippen LogP contribution is 2.38. The van der Waals surface area contributed by atoms with Crippen molar-refractivity contribution >= 4 is 39.2 Å². The Labute approximate surface area is 205 Å². The third-order valence-corrected chi connectivity index (χ3v) is 6.91. The number of hydrogen-bond donors (Lipinski definition) is 3. The van der Waals surface area contributed by atoms with Crippen molar-refractivity contribution in [3.8, 4) is 5.75 Å². The summed E-state index contributed by atoms with van der Waals surface area (Å²) in [6, 6.07) is 9.27. The first-order valence-electron chi connectivity index (χ1n) is 11.0. The molecule has 1 saturated heterocycles. The lowest BCUT2D eigenvalue weighted by Gasteiger charge is -2.30. The van der Waals surface area contributed by atoms with Crippen molar-refractivity contribution in [1.82, 2.24) is 10.0 Å². The zero-order valence-corrected chi connectivity index (χ0v) is 21.2. The van der Waals surface area contributed by atoms with Crippen LogP contribution in [0.25, 0.3) is 0 Å². The first-order valence-corrected chi connectivity index (χ1v) is 12.6. The normalized spacial score (nSPS) is 14.5. The molecule has 0 bridgehead atoms. The minimum Gasteiger partial charge on any atom is -0.496 e. The van der Waals surface area contributed by atoms with Gasteiger partial charge in [0.1, 0.15) is 5.75 Å². The molecule has 2 aromatic rings. The topological polar surface area (TPSA) is 134 Å². The number of rotatable bonds is 7. The van der Waals surface area contributed by atoms with E-state index in [1.54, 1.807) is 36.4 Å². The molecule has 35 heavy (non-hydrogen) atoms. The number of imide groups is 1. The zero-order valence-electron chi connectivity index (χ0n) is 20.4. The second kappa shape index (κ2) is 10.0. The second-order valence-corrected chi connectivity index (χ2v) is 11.1. The van der Waals surface area contributed by atoms with E-state index in [1.807, 2.05) is 20.8 Å². The minimum atomic E-state index is -3.41. The predicted octanol–water partition coefficient (Wildman–Crippen LogP) is 2.74. The van der Waals surface area contributed by atoms with Crippen LogP contribution in [0.2, 0.25) is 0 Å². The first kappa shape index (κ1) is 26.2. The molecule has 3 rings (SSSR count). The van der Waals surface area contributed by atoms with Gasteiger partial charge in [-0.15, -0.1) is 0 Å². The smallest absolute Gasteiger partial charge is 0.328 e. The van der Waals surface area contributed by atoms with Crippen molar-refractivity contribution in [2.75, 3.05) is 30.9 Å². The van der Waals surface area contributed by atoms with Gasteiger partial charge in [0.2, 0.25) is 15.9 Å². The van der Waals surface area contributed by atoms with Crippen LogP contribution in [-0.2, 0) is 26.0 Å². The lowest BCUT2D eigenvalue weighted by Crippen LogP contribution is -2.49. The monoisotopic (exact) mass is 502 g/mol. The van der Waals surface area contributed by atoms with Gasteiger partial charge in [-0.3, -0.25) is 19.8 Å². The Morgan fingerprint density at radius 1 is 1.14 bits per heavy atom. The summed E-state index contributed by atoms with van der Waals surface area (Å²) in [7, 11) is -0.589. The molecule has 0 saturated carbocycles. The van der Waals surface area contributed by atoms with Crippen molar-refractivity contribution in [2.24, 2.45) is 0 Å². The van der Waals surface area contributed by atoms with Crippen molar-refractivity contribution in [1.29, 1.82) is 0 Å². The van der Waals surface area contributed by atoms with Gasteiger partial charge >= 0.3 is 6.03 Å². The molecule has 3 N–H and O–H groups in total. The van der Waals surface area contributed by atoms with E-state index in [1.165, 1.54) is 19.1 Å². The van der Waals surface area contributed by atoms with Crippen LogP contribution in [-0.4, -0.2) is 47.0 Å². The van der Waals surface area contributed by atoms with Crippen LogP contribution < -0.4 is 25.0 Å². The van der Waals surface area contributed by atoms with Crippen LogP contribution in [0.5, 0.6) is 5.75 Å². The molecule has 1 aliphatic heterocycles. The summed E-state index contributed by atoms with van der Waals surface area (Å²) in [6.45, 7) is 6.09. The summed E-state index contributed by atoms with van der Waals surface area (Å²) < 4.78 is 31.4. The first-order chi connectivity index (χ1) is 16.3. The highest BCUT2D eigenvalue weighted by Gasteiger charge is 2.30. The summed E-state index contributed by atoms with van der Waals surface area (Å²) in [6.07, 6.45) is 0.153. The highest BCUT2D eigenvalue weighted by atomic mass is 32.2. The van der Waals surface area contributed by atoms with Crippen molar-refractivity contribution < 1.29 is 27.5 Å². The SMILES string of the molecule is CNS(=O)(=O)Cc1ccc(NC(=O)c2cc(N3CCC(=O)NC3=O)cc(C(C)(C)C)c2OC)cc1. The van der Waals surface area contributed by atoms with Gasteiger partial charge in [0.25, 0.3) is 5.91 Å². The fourth-order valence-corrected chi connectivity index (χ4v) is 4.48. The van der Waals surface area contributed by atoms with E-state index >= 15 is 0 Å². The van der Waals surface area contributed by atoms with E-state index in [-0.39, 0.29) is 30.2 Å². The number of nitrogens with one attached hydrogen (secondary N) is 3. The lowest BCUT2D eigenvalue weighted by atomic mass is 9.84. The number of anilines is 2. The maximum atomic E-state index is 13.3. The van der Waals surface area contributed by atoms with Crippen LogP contribution in [0.1, 0.15) is 48.7 Å². The summed E-state index contributed by atoms with van der Waals surface area (Å²) in [4.78, 5) is 38.8. The van der Waals surface area contributed by atoms with E-state index in [2.05, 4.69) is 15.4 Å². The van der Waals surface area contributed by atoms with E-state index in [4.69, 9.17) is 4.74 Å². The van der Waals surface area contributed by atoms with Crippen molar-refractivity contribution in [3.63, 3.8) is 0 Å². The van der Waals surface area contributed by atoms with Crippen molar-refractivity contribution in [2.45, 2.75) is 38.4 Å². The molecular formula is C24H30N4O6S. The van der Waals surface area contributed by atoms with Crippen LogP contribution in [0.3, 0.4) is 0 Å². The predicted molar refractivity (Wildman–Crippen MR) is 133 cm³/mol. The zero-order chi connectivity index (χ0) is 26.0. The van der Waals surface area contributed by atoms with Gasteiger partial charge in [0.05, 0.1) is 18.4 Å². The Bertz CT molecular complexity index is 1250. The number of carbonyl (C=O) groups is 3. The van der Waals surface area contributed by atoms with Crippen molar-refractivity contribution in [3.05, 3.63) is 53.1 Å². The summed E-state index contributed by atoms with van der Waals surface area (Å²) in [5.74, 6) is -0.606. The Morgan fingerprint density at radius 3 is 2.34 bits per heavy atom.